The molecule has 0 atom stereocenters. The van der Waals surface area contributed by atoms with Crippen molar-refractivity contribution in [2.75, 3.05) is 12.3 Å². The Morgan fingerprint density at radius 2 is 2.33 bits per heavy atom. The monoisotopic (exact) mass is 212 g/mol. The molecule has 1 amide bonds. The molecule has 84 valence electrons. The summed E-state index contributed by atoms with van der Waals surface area (Å²) < 4.78 is 6.78. The van der Waals surface area contributed by atoms with E-state index in [0.29, 0.717) is 12.5 Å². The van der Waals surface area contributed by atoms with E-state index in [0.717, 1.165) is 0 Å². The lowest BCUT2D eigenvalue weighted by Gasteiger charge is -2.05. The van der Waals surface area contributed by atoms with E-state index in [1.165, 1.54) is 10.9 Å². The fraction of sp³-hybridized carbons (Fsp3) is 0.556. The van der Waals surface area contributed by atoms with Gasteiger partial charge < -0.3 is 16.2 Å². The van der Waals surface area contributed by atoms with Crippen LogP contribution in [0.15, 0.2) is 6.20 Å². The first kappa shape index (κ1) is 11.5. The molecule has 1 rings (SSSR count). The Hall–Kier alpha value is -1.56. The quantitative estimate of drug-likeness (QED) is 0.728. The number of anilines is 1. The third kappa shape index (κ3) is 3.25. The van der Waals surface area contributed by atoms with Gasteiger partial charge in [-0.25, -0.2) is 4.68 Å². The first-order valence-electron chi connectivity index (χ1n) is 4.71. The molecule has 0 bridgehead atoms. The van der Waals surface area contributed by atoms with E-state index in [1.54, 1.807) is 0 Å². The predicted octanol–water partition coefficient (Wildman–Crippen LogP) is 0.194. The Bertz CT molecular complexity index is 346. The van der Waals surface area contributed by atoms with Crippen molar-refractivity contribution in [2.24, 2.45) is 11.7 Å². The molecule has 6 heteroatoms. The summed E-state index contributed by atoms with van der Waals surface area (Å²) in [7, 11) is 0. The van der Waals surface area contributed by atoms with Crippen LogP contribution < -0.4 is 11.5 Å². The van der Waals surface area contributed by atoms with E-state index in [4.69, 9.17) is 16.2 Å². The van der Waals surface area contributed by atoms with Gasteiger partial charge in [0.1, 0.15) is 6.73 Å². The van der Waals surface area contributed by atoms with Crippen LogP contribution in [0.2, 0.25) is 0 Å². The zero-order chi connectivity index (χ0) is 11.4. The Kier molecular flexibility index (Phi) is 3.68. The smallest absolute Gasteiger partial charge is 0.271 e. The van der Waals surface area contributed by atoms with Crippen LogP contribution in [0.5, 0.6) is 0 Å². The SMILES string of the molecule is CC(C)COCn1cc(N)c(C(N)=O)n1. The Balaban J connectivity index is 2.56. The summed E-state index contributed by atoms with van der Waals surface area (Å²) in [6.07, 6.45) is 1.53. The highest BCUT2D eigenvalue weighted by molar-refractivity contribution is 5.95. The summed E-state index contributed by atoms with van der Waals surface area (Å²) >= 11 is 0. The first-order valence-corrected chi connectivity index (χ1v) is 4.71. The molecule has 1 aromatic heterocycles. The van der Waals surface area contributed by atoms with E-state index >= 15 is 0 Å². The highest BCUT2D eigenvalue weighted by atomic mass is 16.5. The van der Waals surface area contributed by atoms with Gasteiger partial charge in [-0.2, -0.15) is 5.10 Å². The van der Waals surface area contributed by atoms with Gasteiger partial charge in [-0.1, -0.05) is 13.8 Å². The van der Waals surface area contributed by atoms with Crippen LogP contribution in [0, 0.1) is 5.92 Å². The molecular weight excluding hydrogens is 196 g/mol. The van der Waals surface area contributed by atoms with Crippen molar-refractivity contribution in [2.45, 2.75) is 20.6 Å². The number of hydrogen-bond donors (Lipinski definition) is 2. The minimum Gasteiger partial charge on any atom is -0.396 e. The molecule has 0 aromatic carbocycles. The van der Waals surface area contributed by atoms with Gasteiger partial charge in [-0.05, 0) is 5.92 Å². The summed E-state index contributed by atoms with van der Waals surface area (Å²) in [5, 5.41) is 3.90. The van der Waals surface area contributed by atoms with Crippen molar-refractivity contribution < 1.29 is 9.53 Å². The third-order valence-electron chi connectivity index (χ3n) is 1.70. The molecule has 1 heterocycles. The maximum absolute atomic E-state index is 10.8. The minimum atomic E-state index is -0.630. The van der Waals surface area contributed by atoms with E-state index in [-0.39, 0.29) is 18.1 Å². The number of aromatic nitrogens is 2. The highest BCUT2D eigenvalue weighted by Crippen LogP contribution is 2.08. The van der Waals surface area contributed by atoms with E-state index in [2.05, 4.69) is 5.10 Å². The predicted molar refractivity (Wildman–Crippen MR) is 55.9 cm³/mol. The van der Waals surface area contributed by atoms with Crippen LogP contribution >= 0.6 is 0 Å². The molecular formula is C9H16N4O2. The van der Waals surface area contributed by atoms with Crippen molar-refractivity contribution in [3.8, 4) is 0 Å². The lowest BCUT2D eigenvalue weighted by Crippen LogP contribution is -2.14. The Morgan fingerprint density at radius 1 is 1.67 bits per heavy atom. The lowest BCUT2D eigenvalue weighted by molar-refractivity contribution is 0.0502. The molecule has 0 aliphatic rings. The molecule has 0 unspecified atom stereocenters. The number of carbonyl (C=O) groups is 1. The van der Waals surface area contributed by atoms with E-state index < -0.39 is 5.91 Å². The second-order valence-electron chi connectivity index (χ2n) is 3.73. The standard InChI is InChI=1S/C9H16N4O2/c1-6(2)4-15-5-13-3-7(10)8(12-13)9(11)14/h3,6H,4-5,10H2,1-2H3,(H2,11,14). The molecule has 0 radical (unpaired) electrons. The van der Waals surface area contributed by atoms with Gasteiger partial charge in [0.25, 0.3) is 5.91 Å². The molecule has 0 fully saturated rings. The van der Waals surface area contributed by atoms with Gasteiger partial charge in [0.05, 0.1) is 18.5 Å². The summed E-state index contributed by atoms with van der Waals surface area (Å²) in [4.78, 5) is 10.8. The summed E-state index contributed by atoms with van der Waals surface area (Å²) in [5.41, 5.74) is 11.0. The van der Waals surface area contributed by atoms with Crippen molar-refractivity contribution in [3.05, 3.63) is 11.9 Å². The number of nitrogens with zero attached hydrogens (tertiary/aromatic N) is 2. The number of ether oxygens (including phenoxy) is 1. The summed E-state index contributed by atoms with van der Waals surface area (Å²) in [6, 6.07) is 0. The zero-order valence-electron chi connectivity index (χ0n) is 8.93. The highest BCUT2D eigenvalue weighted by Gasteiger charge is 2.10. The number of hydrogen-bond acceptors (Lipinski definition) is 4. The van der Waals surface area contributed by atoms with Gasteiger partial charge in [0.15, 0.2) is 5.69 Å². The largest absolute Gasteiger partial charge is 0.396 e. The van der Waals surface area contributed by atoms with Crippen LogP contribution in [0.1, 0.15) is 24.3 Å². The fourth-order valence-corrected chi connectivity index (χ4v) is 1.08. The Morgan fingerprint density at radius 3 is 2.80 bits per heavy atom. The number of nitrogen functional groups attached to an aromatic ring is 1. The third-order valence-corrected chi connectivity index (χ3v) is 1.70. The fourth-order valence-electron chi connectivity index (χ4n) is 1.08. The first-order chi connectivity index (χ1) is 7.00. The van der Waals surface area contributed by atoms with Gasteiger partial charge in [0.2, 0.25) is 0 Å². The normalized spacial score (nSPS) is 10.9. The van der Waals surface area contributed by atoms with Crippen LogP contribution in [0.3, 0.4) is 0 Å². The maximum atomic E-state index is 10.8. The van der Waals surface area contributed by atoms with Gasteiger partial charge in [-0.15, -0.1) is 0 Å². The topological polar surface area (TPSA) is 96.2 Å². The van der Waals surface area contributed by atoms with Crippen molar-refractivity contribution in [1.29, 1.82) is 0 Å². The minimum absolute atomic E-state index is 0.0862. The van der Waals surface area contributed by atoms with E-state index in [1.807, 2.05) is 13.8 Å². The van der Waals surface area contributed by atoms with Crippen LogP contribution in [-0.4, -0.2) is 22.3 Å². The number of nitrogens with two attached hydrogens (primary N) is 2. The second kappa shape index (κ2) is 4.79. The molecule has 15 heavy (non-hydrogen) atoms. The van der Waals surface area contributed by atoms with Crippen molar-refractivity contribution >= 4 is 11.6 Å². The molecule has 0 aliphatic heterocycles. The number of rotatable bonds is 5. The number of primary amides is 1. The number of carbonyl (C=O) groups excluding carboxylic acids is 1. The molecule has 0 spiro atoms. The molecule has 0 saturated carbocycles. The van der Waals surface area contributed by atoms with E-state index in [9.17, 15) is 4.79 Å². The number of amides is 1. The zero-order valence-corrected chi connectivity index (χ0v) is 8.93. The van der Waals surface area contributed by atoms with Gasteiger partial charge in [-0.3, -0.25) is 4.79 Å². The van der Waals surface area contributed by atoms with Gasteiger partial charge in [0, 0.05) is 0 Å². The lowest BCUT2D eigenvalue weighted by atomic mass is 10.2. The summed E-state index contributed by atoms with van der Waals surface area (Å²) in [5.74, 6) is -0.177. The van der Waals surface area contributed by atoms with Gasteiger partial charge >= 0.3 is 0 Å². The summed E-state index contributed by atoms with van der Waals surface area (Å²) in [6.45, 7) is 5.00. The molecule has 6 nitrogen and oxygen atoms in total. The average molecular weight is 212 g/mol. The molecule has 1 aromatic rings. The average Bonchev–Trinajstić information content (AvgIpc) is 2.46. The van der Waals surface area contributed by atoms with Crippen LogP contribution in [0.25, 0.3) is 0 Å². The van der Waals surface area contributed by atoms with Crippen molar-refractivity contribution in [3.63, 3.8) is 0 Å². The Labute approximate surface area is 88.2 Å². The van der Waals surface area contributed by atoms with Crippen LogP contribution in [-0.2, 0) is 11.5 Å². The van der Waals surface area contributed by atoms with Crippen LogP contribution in [0.4, 0.5) is 5.69 Å². The second-order valence-corrected chi connectivity index (χ2v) is 3.73. The van der Waals surface area contributed by atoms with Crippen molar-refractivity contribution in [1.82, 2.24) is 9.78 Å². The molecule has 0 saturated heterocycles. The maximum Gasteiger partial charge on any atom is 0.271 e. The molecule has 4 N–H and O–H groups in total. The molecule has 0 aliphatic carbocycles.